The van der Waals surface area contributed by atoms with Crippen LogP contribution < -0.4 is 4.74 Å². The van der Waals surface area contributed by atoms with Crippen LogP contribution in [0.4, 0.5) is 0 Å². The molecule has 1 aliphatic rings. The maximum absolute atomic E-state index is 6.03. The van der Waals surface area contributed by atoms with E-state index in [2.05, 4.69) is 30.3 Å². The molecule has 0 saturated carbocycles. The third-order valence-electron chi connectivity index (χ3n) is 4.08. The van der Waals surface area contributed by atoms with E-state index < -0.39 is 0 Å². The van der Waals surface area contributed by atoms with E-state index in [1.165, 1.54) is 11.1 Å². The molecule has 0 aromatic heterocycles. The fourth-order valence-electron chi connectivity index (χ4n) is 2.83. The topological polar surface area (TPSA) is 21.8 Å². The molecule has 0 amide bonds. The Labute approximate surface area is 136 Å². The van der Waals surface area contributed by atoms with Crippen molar-refractivity contribution in [3.8, 4) is 5.75 Å². The quantitative estimate of drug-likeness (QED) is 0.613. The van der Waals surface area contributed by atoms with Crippen LogP contribution in [0, 0.1) is 0 Å². The van der Waals surface area contributed by atoms with Gasteiger partial charge in [-0.25, -0.2) is 0 Å². The lowest BCUT2D eigenvalue weighted by Gasteiger charge is -2.10. The monoisotopic (exact) mass is 302 g/mol. The smallest absolute Gasteiger partial charge is 0.125 e. The number of epoxide rings is 1. The molecule has 0 bridgehead atoms. The normalized spacial score (nSPS) is 19.3. The number of rotatable bonds is 5. The van der Waals surface area contributed by atoms with Gasteiger partial charge >= 0.3 is 0 Å². The zero-order chi connectivity index (χ0) is 15.5. The second-order valence-corrected chi connectivity index (χ2v) is 5.70. The van der Waals surface area contributed by atoms with Gasteiger partial charge < -0.3 is 9.47 Å². The van der Waals surface area contributed by atoms with Gasteiger partial charge in [-0.1, -0.05) is 78.9 Å². The van der Waals surface area contributed by atoms with Crippen LogP contribution in [0.3, 0.4) is 0 Å². The summed E-state index contributed by atoms with van der Waals surface area (Å²) in [5.74, 6) is 0.903. The second-order valence-electron chi connectivity index (χ2n) is 5.70. The Bertz CT molecular complexity index is 768. The third kappa shape index (κ3) is 3.13. The summed E-state index contributed by atoms with van der Waals surface area (Å²) < 4.78 is 11.9. The SMILES string of the molecule is c1ccc(COc2ccccc2[C@@H]2O[C@H]2c2ccccc2)cc1. The molecule has 1 aliphatic heterocycles. The van der Waals surface area contributed by atoms with Gasteiger partial charge in [0.2, 0.25) is 0 Å². The Hall–Kier alpha value is -2.58. The zero-order valence-electron chi connectivity index (χ0n) is 12.8. The highest BCUT2D eigenvalue weighted by molar-refractivity contribution is 5.40. The molecule has 0 unspecified atom stereocenters. The van der Waals surface area contributed by atoms with Crippen LogP contribution in [0.1, 0.15) is 28.9 Å². The van der Waals surface area contributed by atoms with Crippen LogP contribution in [0.15, 0.2) is 84.9 Å². The van der Waals surface area contributed by atoms with Gasteiger partial charge in [0.15, 0.2) is 0 Å². The molecule has 114 valence electrons. The Balaban J connectivity index is 1.50. The molecule has 0 aliphatic carbocycles. The van der Waals surface area contributed by atoms with Crippen molar-refractivity contribution in [1.82, 2.24) is 0 Å². The lowest BCUT2D eigenvalue weighted by Crippen LogP contribution is -1.98. The molecular formula is C21H18O2. The molecule has 3 aromatic rings. The average Bonchev–Trinajstić information content (AvgIpc) is 3.42. The minimum atomic E-state index is 0.0874. The second kappa shape index (κ2) is 6.27. The fourth-order valence-corrected chi connectivity index (χ4v) is 2.83. The van der Waals surface area contributed by atoms with Crippen LogP contribution in [0.25, 0.3) is 0 Å². The molecular weight excluding hydrogens is 284 g/mol. The van der Waals surface area contributed by atoms with Crippen molar-refractivity contribution < 1.29 is 9.47 Å². The molecule has 2 atom stereocenters. The average molecular weight is 302 g/mol. The molecule has 0 radical (unpaired) electrons. The highest BCUT2D eigenvalue weighted by Crippen LogP contribution is 2.53. The number of ether oxygens (including phenoxy) is 2. The van der Waals surface area contributed by atoms with Crippen molar-refractivity contribution in [3.63, 3.8) is 0 Å². The Kier molecular flexibility index (Phi) is 3.83. The van der Waals surface area contributed by atoms with Gasteiger partial charge in [-0.15, -0.1) is 0 Å². The molecule has 23 heavy (non-hydrogen) atoms. The van der Waals surface area contributed by atoms with Gasteiger partial charge in [0.1, 0.15) is 24.6 Å². The predicted octanol–water partition coefficient (Wildman–Crippen LogP) is 5.08. The summed E-state index contributed by atoms with van der Waals surface area (Å²) in [6, 6.07) is 28.7. The molecule has 4 rings (SSSR count). The third-order valence-corrected chi connectivity index (χ3v) is 4.08. The van der Waals surface area contributed by atoms with Crippen molar-refractivity contribution in [2.24, 2.45) is 0 Å². The first-order chi connectivity index (χ1) is 11.4. The largest absolute Gasteiger partial charge is 0.489 e. The summed E-state index contributed by atoms with van der Waals surface area (Å²) in [6.45, 7) is 0.570. The molecule has 2 nitrogen and oxygen atoms in total. The lowest BCUT2D eigenvalue weighted by molar-refractivity contribution is 0.297. The first-order valence-corrected chi connectivity index (χ1v) is 7.88. The van der Waals surface area contributed by atoms with Gasteiger partial charge in [-0.05, 0) is 17.2 Å². The van der Waals surface area contributed by atoms with Crippen molar-refractivity contribution in [1.29, 1.82) is 0 Å². The van der Waals surface area contributed by atoms with E-state index in [4.69, 9.17) is 9.47 Å². The first-order valence-electron chi connectivity index (χ1n) is 7.88. The summed E-state index contributed by atoms with van der Waals surface area (Å²) in [5.41, 5.74) is 3.51. The summed E-state index contributed by atoms with van der Waals surface area (Å²) in [7, 11) is 0. The number of hydrogen-bond acceptors (Lipinski definition) is 2. The highest BCUT2D eigenvalue weighted by atomic mass is 16.6. The zero-order valence-corrected chi connectivity index (χ0v) is 12.8. The van der Waals surface area contributed by atoms with Crippen molar-refractivity contribution in [2.45, 2.75) is 18.8 Å². The van der Waals surface area contributed by atoms with Crippen LogP contribution in [-0.2, 0) is 11.3 Å². The van der Waals surface area contributed by atoms with E-state index in [9.17, 15) is 0 Å². The van der Waals surface area contributed by atoms with Crippen molar-refractivity contribution in [3.05, 3.63) is 102 Å². The maximum atomic E-state index is 6.03. The van der Waals surface area contributed by atoms with Gasteiger partial charge in [0.25, 0.3) is 0 Å². The van der Waals surface area contributed by atoms with Crippen LogP contribution in [0.5, 0.6) is 5.75 Å². The summed E-state index contributed by atoms with van der Waals surface area (Å²) in [5, 5.41) is 0. The van der Waals surface area contributed by atoms with E-state index in [0.29, 0.717) is 6.61 Å². The van der Waals surface area contributed by atoms with E-state index in [-0.39, 0.29) is 12.2 Å². The Morgan fingerprint density at radius 1 is 0.696 bits per heavy atom. The Morgan fingerprint density at radius 3 is 2.13 bits per heavy atom. The van der Waals surface area contributed by atoms with Crippen molar-refractivity contribution in [2.75, 3.05) is 0 Å². The van der Waals surface area contributed by atoms with Crippen LogP contribution in [0.2, 0.25) is 0 Å². The summed E-state index contributed by atoms with van der Waals surface area (Å²) in [4.78, 5) is 0. The van der Waals surface area contributed by atoms with E-state index >= 15 is 0 Å². The van der Waals surface area contributed by atoms with Crippen molar-refractivity contribution >= 4 is 0 Å². The highest BCUT2D eigenvalue weighted by Gasteiger charge is 2.42. The number of hydrogen-bond donors (Lipinski definition) is 0. The predicted molar refractivity (Wildman–Crippen MR) is 90.2 cm³/mol. The summed E-state index contributed by atoms with van der Waals surface area (Å²) >= 11 is 0. The molecule has 3 aromatic carbocycles. The van der Waals surface area contributed by atoms with E-state index in [1.807, 2.05) is 54.6 Å². The van der Waals surface area contributed by atoms with E-state index in [1.54, 1.807) is 0 Å². The van der Waals surface area contributed by atoms with Gasteiger partial charge in [0.05, 0.1) is 0 Å². The summed E-state index contributed by atoms with van der Waals surface area (Å²) in [6.07, 6.45) is 0.224. The van der Waals surface area contributed by atoms with Crippen LogP contribution >= 0.6 is 0 Å². The number of benzene rings is 3. The molecule has 1 heterocycles. The molecule has 0 spiro atoms. The maximum Gasteiger partial charge on any atom is 0.125 e. The minimum Gasteiger partial charge on any atom is -0.489 e. The lowest BCUT2D eigenvalue weighted by atomic mass is 10.0. The minimum absolute atomic E-state index is 0.0874. The molecule has 0 N–H and O–H groups in total. The van der Waals surface area contributed by atoms with Gasteiger partial charge in [-0.2, -0.15) is 0 Å². The van der Waals surface area contributed by atoms with Gasteiger partial charge in [0, 0.05) is 5.56 Å². The fraction of sp³-hybridized carbons (Fsp3) is 0.143. The Morgan fingerprint density at radius 2 is 1.35 bits per heavy atom. The van der Waals surface area contributed by atoms with E-state index in [0.717, 1.165) is 11.3 Å². The van der Waals surface area contributed by atoms with Crippen LogP contribution in [-0.4, -0.2) is 0 Å². The number of para-hydroxylation sites is 1. The molecule has 1 fully saturated rings. The molecule has 1 saturated heterocycles. The van der Waals surface area contributed by atoms with Gasteiger partial charge in [-0.3, -0.25) is 0 Å². The standard InChI is InChI=1S/C21H18O2/c1-3-9-16(10-4-1)15-22-19-14-8-7-13-18(19)21-20(23-21)17-11-5-2-6-12-17/h1-14,20-21H,15H2/t20-,21-/m0/s1. The molecule has 2 heteroatoms. The first kappa shape index (κ1) is 14.0.